The lowest BCUT2D eigenvalue weighted by Gasteiger charge is -2.19. The maximum atomic E-state index is 11.2. The fourth-order valence-corrected chi connectivity index (χ4v) is 1.34. The van der Waals surface area contributed by atoms with Gasteiger partial charge in [-0.3, -0.25) is 4.90 Å². The Balaban J connectivity index is 2.84. The van der Waals surface area contributed by atoms with Crippen LogP contribution in [0.25, 0.3) is 0 Å². The lowest BCUT2D eigenvalue weighted by atomic mass is 10.0. The van der Waals surface area contributed by atoms with Gasteiger partial charge >= 0.3 is 12.1 Å². The Morgan fingerprint density at radius 2 is 2.23 bits per heavy atom. The number of rotatable bonds is 2. The number of amides is 1. The number of nitrogens with zero attached hydrogens (tertiary/aromatic N) is 1. The van der Waals surface area contributed by atoms with E-state index in [1.54, 1.807) is 0 Å². The van der Waals surface area contributed by atoms with Gasteiger partial charge in [-0.05, 0) is 5.92 Å². The van der Waals surface area contributed by atoms with Crippen molar-refractivity contribution in [3.63, 3.8) is 0 Å². The first-order valence-electron chi connectivity index (χ1n) is 4.03. The summed E-state index contributed by atoms with van der Waals surface area (Å²) in [5, 5.41) is 0. The first-order chi connectivity index (χ1) is 6.07. The number of carbonyl (C=O) groups is 2. The highest BCUT2D eigenvalue weighted by molar-refractivity contribution is 5.95. The van der Waals surface area contributed by atoms with Gasteiger partial charge in [0.1, 0.15) is 6.04 Å². The molecule has 0 aromatic carbocycles. The van der Waals surface area contributed by atoms with E-state index in [2.05, 4.69) is 10.7 Å². The van der Waals surface area contributed by atoms with E-state index in [4.69, 9.17) is 6.42 Å². The minimum Gasteiger partial charge on any atom is -0.375 e. The zero-order valence-corrected chi connectivity index (χ0v) is 7.61. The van der Waals surface area contributed by atoms with E-state index in [-0.39, 0.29) is 12.5 Å². The van der Waals surface area contributed by atoms with E-state index < -0.39 is 18.1 Å². The molecule has 4 nitrogen and oxygen atoms in total. The third kappa shape index (κ3) is 1.64. The van der Waals surface area contributed by atoms with Crippen molar-refractivity contribution in [3.8, 4) is 12.3 Å². The average Bonchev–Trinajstić information content (AvgIpc) is 2.27. The molecule has 1 fully saturated rings. The van der Waals surface area contributed by atoms with Gasteiger partial charge in [-0.1, -0.05) is 19.8 Å². The molecule has 1 rings (SSSR count). The van der Waals surface area contributed by atoms with E-state index in [0.717, 1.165) is 0 Å². The quantitative estimate of drug-likeness (QED) is 0.356. The second-order valence-corrected chi connectivity index (χ2v) is 3.21. The Hall–Kier alpha value is -1.50. The monoisotopic (exact) mass is 181 g/mol. The van der Waals surface area contributed by atoms with Crippen LogP contribution in [0.4, 0.5) is 4.79 Å². The van der Waals surface area contributed by atoms with Gasteiger partial charge in [-0.15, -0.1) is 6.42 Å². The summed E-state index contributed by atoms with van der Waals surface area (Å²) in [5.74, 6) is 1.83. The van der Waals surface area contributed by atoms with E-state index >= 15 is 0 Å². The highest BCUT2D eigenvalue weighted by atomic mass is 16.6. The summed E-state index contributed by atoms with van der Waals surface area (Å²) in [6.07, 6.45) is 4.43. The molecule has 70 valence electrons. The number of terminal acetylenes is 1. The Bertz CT molecular complexity index is 277. The molecule has 0 aliphatic carbocycles. The van der Waals surface area contributed by atoms with Crippen LogP contribution >= 0.6 is 0 Å². The van der Waals surface area contributed by atoms with Crippen LogP contribution < -0.4 is 0 Å². The summed E-state index contributed by atoms with van der Waals surface area (Å²) in [6, 6.07) is -0.524. The van der Waals surface area contributed by atoms with Gasteiger partial charge in [0.15, 0.2) is 0 Å². The highest BCUT2D eigenvalue weighted by Crippen LogP contribution is 2.19. The van der Waals surface area contributed by atoms with Crippen LogP contribution in [0.15, 0.2) is 0 Å². The van der Waals surface area contributed by atoms with Crippen molar-refractivity contribution >= 4 is 12.1 Å². The van der Waals surface area contributed by atoms with E-state index in [9.17, 15) is 9.59 Å². The van der Waals surface area contributed by atoms with E-state index in [1.165, 1.54) is 4.90 Å². The van der Waals surface area contributed by atoms with Crippen molar-refractivity contribution in [2.45, 2.75) is 19.9 Å². The second kappa shape index (κ2) is 3.48. The lowest BCUT2D eigenvalue weighted by molar-refractivity contribution is -0.136. The molecule has 4 heteroatoms. The van der Waals surface area contributed by atoms with Gasteiger partial charge in [-0.25, -0.2) is 9.59 Å². The number of cyclic esters (lactones) is 2. The fourth-order valence-electron chi connectivity index (χ4n) is 1.34. The molecule has 0 aromatic heterocycles. The number of hydrogen-bond acceptors (Lipinski definition) is 3. The van der Waals surface area contributed by atoms with Crippen molar-refractivity contribution in [2.24, 2.45) is 5.92 Å². The summed E-state index contributed by atoms with van der Waals surface area (Å²) in [7, 11) is 0. The zero-order chi connectivity index (χ0) is 10.0. The molecule has 0 radical (unpaired) electrons. The normalized spacial score (nSPS) is 22.0. The summed E-state index contributed by atoms with van der Waals surface area (Å²) in [4.78, 5) is 23.5. The molecular weight excluding hydrogens is 170 g/mol. The first kappa shape index (κ1) is 9.59. The van der Waals surface area contributed by atoms with Gasteiger partial charge in [0, 0.05) is 0 Å². The first-order valence-corrected chi connectivity index (χ1v) is 4.03. The fraction of sp³-hybridized carbons (Fsp3) is 0.556. The molecule has 13 heavy (non-hydrogen) atoms. The van der Waals surface area contributed by atoms with Crippen molar-refractivity contribution in [2.75, 3.05) is 6.54 Å². The number of ether oxygens (including phenoxy) is 1. The smallest absolute Gasteiger partial charge is 0.375 e. The Morgan fingerprint density at radius 3 is 2.69 bits per heavy atom. The molecule has 1 heterocycles. The van der Waals surface area contributed by atoms with Crippen LogP contribution in [0, 0.1) is 18.3 Å². The average molecular weight is 181 g/mol. The Kier molecular flexibility index (Phi) is 2.57. The number of hydrogen-bond donors (Lipinski definition) is 0. The third-order valence-corrected chi connectivity index (χ3v) is 1.89. The van der Waals surface area contributed by atoms with Crippen molar-refractivity contribution in [3.05, 3.63) is 0 Å². The standard InChI is InChI=1S/C9H11NO3/c1-4-5-10-7(6(2)3)8(11)13-9(10)12/h1,6-7H,5H2,2-3H3. The predicted molar refractivity (Wildman–Crippen MR) is 45.7 cm³/mol. The van der Waals surface area contributed by atoms with Gasteiger partial charge in [0.25, 0.3) is 0 Å². The maximum Gasteiger partial charge on any atom is 0.419 e. The third-order valence-electron chi connectivity index (χ3n) is 1.89. The molecule has 1 unspecified atom stereocenters. The van der Waals surface area contributed by atoms with E-state index in [1.807, 2.05) is 13.8 Å². The van der Waals surface area contributed by atoms with Crippen LogP contribution in [-0.4, -0.2) is 29.5 Å². The molecule has 0 saturated carbocycles. The minimum atomic E-state index is -0.637. The SMILES string of the molecule is C#CCN1C(=O)OC(=O)C1C(C)C. The van der Waals surface area contributed by atoms with Crippen molar-refractivity contribution < 1.29 is 14.3 Å². The molecule has 0 spiro atoms. The predicted octanol–water partition coefficient (Wildman–Crippen LogP) is 0.623. The van der Waals surface area contributed by atoms with Crippen LogP contribution in [0.1, 0.15) is 13.8 Å². The summed E-state index contributed by atoms with van der Waals surface area (Å²) >= 11 is 0. The van der Waals surface area contributed by atoms with Gasteiger partial charge in [-0.2, -0.15) is 0 Å². The molecule has 0 aromatic rings. The molecule has 1 aliphatic rings. The molecule has 1 amide bonds. The molecule has 1 aliphatic heterocycles. The van der Waals surface area contributed by atoms with Gasteiger partial charge < -0.3 is 4.74 Å². The van der Waals surface area contributed by atoms with Crippen LogP contribution in [0.2, 0.25) is 0 Å². The topological polar surface area (TPSA) is 46.6 Å². The van der Waals surface area contributed by atoms with Crippen LogP contribution in [-0.2, 0) is 9.53 Å². The largest absolute Gasteiger partial charge is 0.419 e. The van der Waals surface area contributed by atoms with Crippen molar-refractivity contribution in [1.82, 2.24) is 4.90 Å². The van der Waals surface area contributed by atoms with Crippen LogP contribution in [0.3, 0.4) is 0 Å². The van der Waals surface area contributed by atoms with Crippen LogP contribution in [0.5, 0.6) is 0 Å². The summed E-state index contributed by atoms with van der Waals surface area (Å²) in [5.41, 5.74) is 0. The number of carbonyl (C=O) groups excluding carboxylic acids is 2. The zero-order valence-electron chi connectivity index (χ0n) is 7.61. The highest BCUT2D eigenvalue weighted by Gasteiger charge is 2.42. The van der Waals surface area contributed by atoms with Gasteiger partial charge in [0.2, 0.25) is 0 Å². The van der Waals surface area contributed by atoms with Gasteiger partial charge in [0.05, 0.1) is 6.54 Å². The van der Waals surface area contributed by atoms with E-state index in [0.29, 0.717) is 0 Å². The number of esters is 1. The molecular formula is C9H11NO3. The molecule has 1 atom stereocenters. The lowest BCUT2D eigenvalue weighted by Crippen LogP contribution is -2.39. The second-order valence-electron chi connectivity index (χ2n) is 3.21. The minimum absolute atomic E-state index is 0.0206. The Morgan fingerprint density at radius 1 is 1.62 bits per heavy atom. The maximum absolute atomic E-state index is 11.2. The molecule has 0 bridgehead atoms. The summed E-state index contributed by atoms with van der Waals surface area (Å²) < 4.78 is 4.45. The molecule has 0 N–H and O–H groups in total. The van der Waals surface area contributed by atoms with Crippen molar-refractivity contribution in [1.29, 1.82) is 0 Å². The molecule has 1 saturated heterocycles. The Labute approximate surface area is 76.8 Å². The summed E-state index contributed by atoms with van der Waals surface area (Å²) in [6.45, 7) is 3.80.